The van der Waals surface area contributed by atoms with E-state index in [9.17, 15) is 27.9 Å². The van der Waals surface area contributed by atoms with E-state index in [4.69, 9.17) is 0 Å². The van der Waals surface area contributed by atoms with E-state index < -0.39 is 35.7 Å². The smallest absolute Gasteiger partial charge is 0.372 e. The van der Waals surface area contributed by atoms with Crippen LogP contribution in [0.3, 0.4) is 0 Å². The maximum absolute atomic E-state index is 13.4. The number of nitrogens with one attached hydrogen (secondary N) is 2. The molecule has 1 aromatic carbocycles. The van der Waals surface area contributed by atoms with Crippen LogP contribution >= 0.6 is 0 Å². The fraction of sp³-hybridized carbons (Fsp3) is 0.529. The van der Waals surface area contributed by atoms with Gasteiger partial charge in [0, 0.05) is 18.8 Å². The number of nitrogens with zero attached hydrogens (tertiary/aromatic N) is 1. The van der Waals surface area contributed by atoms with Gasteiger partial charge in [-0.3, -0.25) is 4.79 Å². The molecule has 2 rings (SSSR count). The van der Waals surface area contributed by atoms with Crippen molar-refractivity contribution in [3.05, 3.63) is 29.8 Å². The summed E-state index contributed by atoms with van der Waals surface area (Å²) in [6.07, 6.45) is -5.21. The molecule has 3 unspecified atom stereocenters. The predicted octanol–water partition coefficient (Wildman–Crippen LogP) is 2.34. The van der Waals surface area contributed by atoms with Crippen molar-refractivity contribution in [3.63, 3.8) is 0 Å². The second-order valence-electron chi connectivity index (χ2n) is 6.19. The summed E-state index contributed by atoms with van der Waals surface area (Å²) in [5.74, 6) is -2.81. The molecule has 2 amide bonds. The van der Waals surface area contributed by atoms with E-state index in [-0.39, 0.29) is 0 Å². The van der Waals surface area contributed by atoms with Crippen molar-refractivity contribution in [2.24, 2.45) is 5.92 Å². The summed E-state index contributed by atoms with van der Waals surface area (Å²) in [5.41, 5.74) is -2.47. The van der Waals surface area contributed by atoms with Gasteiger partial charge in [-0.1, -0.05) is 12.1 Å². The minimum atomic E-state index is -5.21. The first-order chi connectivity index (χ1) is 12.0. The van der Waals surface area contributed by atoms with Gasteiger partial charge in [0.05, 0.1) is 12.0 Å². The summed E-state index contributed by atoms with van der Waals surface area (Å²) < 4.78 is 40.2. The molecular formula is C17H22F3N3O3. The molecule has 0 aromatic heterocycles. The average Bonchev–Trinajstić information content (AvgIpc) is 2.54. The first-order valence-corrected chi connectivity index (χ1v) is 8.28. The lowest BCUT2D eigenvalue weighted by Gasteiger charge is -2.44. The monoisotopic (exact) mass is 373 g/mol. The van der Waals surface area contributed by atoms with Gasteiger partial charge in [0.25, 0.3) is 0 Å². The number of Topliss-reactive ketones (excluding diaryl/α,β-unsaturated/α-hetero) is 1. The summed E-state index contributed by atoms with van der Waals surface area (Å²) in [6, 6.07) is 4.02. The van der Waals surface area contributed by atoms with Crippen molar-refractivity contribution in [2.45, 2.75) is 38.7 Å². The molecule has 9 heteroatoms. The Kier molecular flexibility index (Phi) is 5.50. The van der Waals surface area contributed by atoms with Crippen LogP contribution < -0.4 is 15.5 Å². The maximum atomic E-state index is 13.4. The van der Waals surface area contributed by atoms with E-state index in [0.717, 1.165) is 25.7 Å². The average molecular weight is 373 g/mol. The first-order valence-electron chi connectivity index (χ1n) is 8.28. The van der Waals surface area contributed by atoms with Gasteiger partial charge in [-0.2, -0.15) is 13.2 Å². The van der Waals surface area contributed by atoms with Gasteiger partial charge in [0.15, 0.2) is 0 Å². The Labute approximate surface area is 149 Å². The highest BCUT2D eigenvalue weighted by atomic mass is 19.4. The number of benzene rings is 1. The van der Waals surface area contributed by atoms with Crippen LogP contribution in [0, 0.1) is 5.92 Å². The lowest BCUT2D eigenvalue weighted by atomic mass is 9.79. The third kappa shape index (κ3) is 3.48. The number of amides is 2. The number of urea groups is 1. The van der Waals surface area contributed by atoms with Crippen molar-refractivity contribution >= 4 is 17.5 Å². The summed E-state index contributed by atoms with van der Waals surface area (Å²) in [5, 5.41) is 13.9. The van der Waals surface area contributed by atoms with Gasteiger partial charge in [0.2, 0.25) is 5.72 Å². The SMILES string of the molecule is CCN(CC)c1ccc(C2NC(=O)NC(O)(C(F)(F)F)C2C(C)=O)cc1. The van der Waals surface area contributed by atoms with E-state index >= 15 is 0 Å². The molecule has 0 bridgehead atoms. The van der Waals surface area contributed by atoms with Crippen LogP contribution in [0.2, 0.25) is 0 Å². The minimum Gasteiger partial charge on any atom is -0.372 e. The first kappa shape index (κ1) is 20.0. The number of halogens is 3. The van der Waals surface area contributed by atoms with Crippen LogP contribution in [0.15, 0.2) is 24.3 Å². The molecule has 1 heterocycles. The Hall–Kier alpha value is -2.29. The normalized spacial score (nSPS) is 26.0. The topological polar surface area (TPSA) is 81.7 Å². The number of anilines is 1. The third-order valence-electron chi connectivity index (χ3n) is 4.63. The van der Waals surface area contributed by atoms with Crippen LogP contribution in [0.1, 0.15) is 32.4 Å². The lowest BCUT2D eigenvalue weighted by molar-refractivity contribution is -0.290. The Morgan fingerprint density at radius 2 is 1.77 bits per heavy atom. The maximum Gasteiger partial charge on any atom is 0.437 e. The highest BCUT2D eigenvalue weighted by molar-refractivity contribution is 5.86. The summed E-state index contributed by atoms with van der Waals surface area (Å²) in [4.78, 5) is 25.7. The molecular weight excluding hydrogens is 351 g/mol. The molecule has 26 heavy (non-hydrogen) atoms. The van der Waals surface area contributed by atoms with Gasteiger partial charge in [-0.05, 0) is 38.5 Å². The highest BCUT2D eigenvalue weighted by Crippen LogP contribution is 2.42. The van der Waals surface area contributed by atoms with Crippen molar-refractivity contribution in [3.8, 4) is 0 Å². The highest BCUT2D eigenvalue weighted by Gasteiger charge is 2.65. The Balaban J connectivity index is 2.45. The predicted molar refractivity (Wildman–Crippen MR) is 89.6 cm³/mol. The van der Waals surface area contributed by atoms with E-state index in [1.165, 1.54) is 5.32 Å². The Bertz CT molecular complexity index is 674. The van der Waals surface area contributed by atoms with Crippen LogP contribution in [-0.4, -0.2) is 41.9 Å². The molecule has 1 saturated heterocycles. The number of hydrogen-bond acceptors (Lipinski definition) is 4. The molecule has 1 aliphatic rings. The zero-order chi connectivity index (χ0) is 19.7. The summed E-state index contributed by atoms with van der Waals surface area (Å²) >= 11 is 0. The fourth-order valence-electron chi connectivity index (χ4n) is 3.29. The van der Waals surface area contributed by atoms with E-state index in [1.54, 1.807) is 24.3 Å². The van der Waals surface area contributed by atoms with Crippen LogP contribution in [-0.2, 0) is 4.79 Å². The largest absolute Gasteiger partial charge is 0.437 e. The number of hydrogen-bond donors (Lipinski definition) is 3. The number of rotatable bonds is 5. The van der Waals surface area contributed by atoms with Crippen LogP contribution in [0.5, 0.6) is 0 Å². The molecule has 0 radical (unpaired) electrons. The number of aliphatic hydroxyl groups is 1. The van der Waals surface area contributed by atoms with Crippen molar-refractivity contribution < 1.29 is 27.9 Å². The van der Waals surface area contributed by atoms with Crippen molar-refractivity contribution in [2.75, 3.05) is 18.0 Å². The molecule has 1 aliphatic heterocycles. The molecule has 0 aliphatic carbocycles. The quantitative estimate of drug-likeness (QED) is 0.740. The molecule has 144 valence electrons. The second-order valence-corrected chi connectivity index (χ2v) is 6.19. The summed E-state index contributed by atoms with van der Waals surface area (Å²) in [7, 11) is 0. The fourth-order valence-corrected chi connectivity index (χ4v) is 3.29. The number of alkyl halides is 3. The Morgan fingerprint density at radius 3 is 2.19 bits per heavy atom. The lowest BCUT2D eigenvalue weighted by Crippen LogP contribution is -2.72. The number of carbonyl (C=O) groups is 2. The van der Waals surface area contributed by atoms with Gasteiger partial charge in [0.1, 0.15) is 5.78 Å². The molecule has 1 aromatic rings. The molecule has 0 spiro atoms. The molecule has 0 saturated carbocycles. The van der Waals surface area contributed by atoms with E-state index in [1.807, 2.05) is 18.7 Å². The summed E-state index contributed by atoms with van der Waals surface area (Å²) in [6.45, 7) is 6.41. The molecule has 3 atom stereocenters. The molecule has 6 nitrogen and oxygen atoms in total. The zero-order valence-electron chi connectivity index (χ0n) is 14.7. The molecule has 1 fully saturated rings. The van der Waals surface area contributed by atoms with E-state index in [0.29, 0.717) is 5.56 Å². The van der Waals surface area contributed by atoms with Crippen molar-refractivity contribution in [1.29, 1.82) is 0 Å². The second kappa shape index (κ2) is 7.14. The standard InChI is InChI=1S/C17H22F3N3O3/c1-4-23(5-2)12-8-6-11(7-9-12)14-13(10(3)24)16(26,17(18,19)20)22-15(25)21-14/h6-9,13-14,26H,4-5H2,1-3H3,(H2,21,22,25). The molecule has 3 N–H and O–H groups in total. The van der Waals surface area contributed by atoms with E-state index in [2.05, 4.69) is 5.32 Å². The van der Waals surface area contributed by atoms with Crippen LogP contribution in [0.4, 0.5) is 23.7 Å². The van der Waals surface area contributed by atoms with Gasteiger partial charge in [-0.25, -0.2) is 4.79 Å². The number of ketones is 1. The van der Waals surface area contributed by atoms with Gasteiger partial charge in [-0.15, -0.1) is 0 Å². The van der Waals surface area contributed by atoms with Crippen molar-refractivity contribution in [1.82, 2.24) is 10.6 Å². The van der Waals surface area contributed by atoms with Gasteiger partial charge >= 0.3 is 12.2 Å². The Morgan fingerprint density at radius 1 is 1.23 bits per heavy atom. The zero-order valence-corrected chi connectivity index (χ0v) is 14.7. The number of carbonyl (C=O) groups excluding carboxylic acids is 2. The van der Waals surface area contributed by atoms with Crippen LogP contribution in [0.25, 0.3) is 0 Å². The minimum absolute atomic E-state index is 0.304. The third-order valence-corrected chi connectivity index (χ3v) is 4.63. The van der Waals surface area contributed by atoms with Gasteiger partial charge < -0.3 is 20.6 Å².